The van der Waals surface area contributed by atoms with Gasteiger partial charge >= 0.3 is 12.1 Å². The Bertz CT molecular complexity index is 545. The van der Waals surface area contributed by atoms with Crippen LogP contribution in [0.25, 0.3) is 0 Å². The largest absolute Gasteiger partial charge is 0.320 e. The lowest BCUT2D eigenvalue weighted by molar-refractivity contribution is 0.0842. The van der Waals surface area contributed by atoms with Crippen LogP contribution in [-0.4, -0.2) is 80.0 Å². The van der Waals surface area contributed by atoms with E-state index in [0.29, 0.717) is 0 Å². The van der Waals surface area contributed by atoms with E-state index in [2.05, 4.69) is 96.9 Å². The molecule has 0 aromatic carbocycles. The van der Waals surface area contributed by atoms with Crippen molar-refractivity contribution in [2.24, 2.45) is 0 Å². The maximum Gasteiger partial charge on any atom is 0.320 e. The second kappa shape index (κ2) is 13.6. The Morgan fingerprint density at radius 3 is 0.912 bits per heavy atom. The van der Waals surface area contributed by atoms with Gasteiger partial charge in [0, 0.05) is 48.3 Å². The maximum absolute atomic E-state index is 13.3. The quantitative estimate of drug-likeness (QED) is 0.292. The smallest absolute Gasteiger partial charge is 0.320 e. The van der Waals surface area contributed by atoms with E-state index in [0.717, 1.165) is 38.8 Å². The van der Waals surface area contributed by atoms with Crippen LogP contribution < -0.4 is 0 Å². The second-order valence-corrected chi connectivity index (χ2v) is 12.8. The van der Waals surface area contributed by atoms with Crippen LogP contribution in [0, 0.1) is 0 Å². The van der Waals surface area contributed by atoms with E-state index >= 15 is 0 Å². The summed E-state index contributed by atoms with van der Waals surface area (Å²) in [7, 11) is 0. The Morgan fingerprint density at radius 2 is 0.735 bits per heavy atom. The average molecular weight is 483 g/mol. The van der Waals surface area contributed by atoms with Gasteiger partial charge in [0.05, 0.1) is 0 Å². The highest BCUT2D eigenvalue weighted by Gasteiger charge is 2.33. The molecule has 0 bridgehead atoms. The van der Waals surface area contributed by atoms with Gasteiger partial charge in [-0.05, 0) is 110 Å². The summed E-state index contributed by atoms with van der Waals surface area (Å²) in [5.74, 6) is 0. The minimum absolute atomic E-state index is 0.129. The minimum atomic E-state index is -0.217. The van der Waals surface area contributed by atoms with Gasteiger partial charge in [0.25, 0.3) is 0 Å². The molecule has 0 aliphatic rings. The number of unbranched alkanes of at least 4 members (excludes halogenated alkanes) is 3. The molecule has 202 valence electrons. The number of rotatable bonds is 11. The predicted molar refractivity (Wildman–Crippen MR) is 146 cm³/mol. The van der Waals surface area contributed by atoms with Crippen LogP contribution in [-0.2, 0) is 0 Å². The van der Waals surface area contributed by atoms with Gasteiger partial charge < -0.3 is 19.6 Å². The lowest BCUT2D eigenvalue weighted by atomic mass is 10.0. The standard InChI is InChI=1S/C28H58N4O2/c1-21(2)31(22(3)4)25(33)29(27(9,10)11)19-17-15-16-18-20-30(28(12,13)14)26(34)32(23(5)6)24(7)8/h21-24H,15-20H2,1-14H3. The van der Waals surface area contributed by atoms with E-state index in [4.69, 9.17) is 0 Å². The molecule has 0 aromatic rings. The van der Waals surface area contributed by atoms with E-state index in [1.807, 2.05) is 19.6 Å². The molecular formula is C28H58N4O2. The van der Waals surface area contributed by atoms with Crippen molar-refractivity contribution in [2.75, 3.05) is 13.1 Å². The van der Waals surface area contributed by atoms with Crippen molar-refractivity contribution in [2.45, 2.75) is 158 Å². The molecule has 0 unspecified atom stereocenters. The third kappa shape index (κ3) is 10.0. The SMILES string of the molecule is CC(C)N(C(=O)N(CCCCCCN(C(=O)N(C(C)C)C(C)C)C(C)(C)C)C(C)(C)C)C(C)C. The molecular weight excluding hydrogens is 424 g/mol. The van der Waals surface area contributed by atoms with Gasteiger partial charge in [0.15, 0.2) is 0 Å². The summed E-state index contributed by atoms with van der Waals surface area (Å²) in [4.78, 5) is 34.7. The Labute approximate surface area is 212 Å². The number of amides is 4. The normalized spacial score (nSPS) is 12.6. The lowest BCUT2D eigenvalue weighted by Crippen LogP contribution is -2.56. The molecule has 0 N–H and O–H groups in total. The van der Waals surface area contributed by atoms with Crippen LogP contribution >= 0.6 is 0 Å². The summed E-state index contributed by atoms with van der Waals surface area (Å²) in [5.41, 5.74) is -0.433. The van der Waals surface area contributed by atoms with Crippen molar-refractivity contribution in [3.8, 4) is 0 Å². The van der Waals surface area contributed by atoms with Gasteiger partial charge in [0.2, 0.25) is 0 Å². The molecule has 0 saturated heterocycles. The van der Waals surface area contributed by atoms with E-state index < -0.39 is 0 Å². The average Bonchev–Trinajstić information content (AvgIpc) is 2.60. The summed E-state index contributed by atoms with van der Waals surface area (Å²) in [6, 6.07) is 0.960. The van der Waals surface area contributed by atoms with Gasteiger partial charge in [-0.2, -0.15) is 0 Å². The number of carbonyl (C=O) groups is 2. The molecule has 4 amide bonds. The first-order valence-corrected chi connectivity index (χ1v) is 13.5. The zero-order valence-electron chi connectivity index (χ0n) is 25.2. The van der Waals surface area contributed by atoms with E-state index in [1.54, 1.807) is 0 Å². The fourth-order valence-electron chi connectivity index (χ4n) is 4.68. The van der Waals surface area contributed by atoms with Gasteiger partial charge in [0.1, 0.15) is 0 Å². The highest BCUT2D eigenvalue weighted by Crippen LogP contribution is 2.22. The molecule has 34 heavy (non-hydrogen) atoms. The fourth-order valence-corrected chi connectivity index (χ4v) is 4.68. The van der Waals surface area contributed by atoms with Crippen LogP contribution in [0.2, 0.25) is 0 Å². The highest BCUT2D eigenvalue weighted by atomic mass is 16.2. The van der Waals surface area contributed by atoms with E-state index in [9.17, 15) is 9.59 Å². The molecule has 6 nitrogen and oxygen atoms in total. The molecule has 0 spiro atoms. The van der Waals surface area contributed by atoms with Crippen LogP contribution in [0.15, 0.2) is 0 Å². The van der Waals surface area contributed by atoms with Gasteiger partial charge in [-0.25, -0.2) is 9.59 Å². The molecule has 0 saturated carbocycles. The van der Waals surface area contributed by atoms with Crippen molar-refractivity contribution in [3.63, 3.8) is 0 Å². The minimum Gasteiger partial charge on any atom is -0.320 e. The summed E-state index contributed by atoms with van der Waals surface area (Å²) < 4.78 is 0. The molecule has 0 radical (unpaired) electrons. The number of nitrogens with zero attached hydrogens (tertiary/aromatic N) is 4. The van der Waals surface area contributed by atoms with E-state index in [1.165, 1.54) is 0 Å². The molecule has 0 atom stereocenters. The molecule has 0 fully saturated rings. The Kier molecular flexibility index (Phi) is 13.0. The third-order valence-electron chi connectivity index (χ3n) is 6.26. The Hall–Kier alpha value is -1.46. The van der Waals surface area contributed by atoms with Crippen LogP contribution in [0.3, 0.4) is 0 Å². The van der Waals surface area contributed by atoms with Crippen molar-refractivity contribution < 1.29 is 9.59 Å². The first-order chi connectivity index (χ1) is 15.3. The molecule has 0 aliphatic carbocycles. The van der Waals surface area contributed by atoms with Crippen LogP contribution in [0.4, 0.5) is 9.59 Å². The van der Waals surface area contributed by atoms with Crippen LogP contribution in [0.5, 0.6) is 0 Å². The van der Waals surface area contributed by atoms with Crippen molar-refractivity contribution in [3.05, 3.63) is 0 Å². The topological polar surface area (TPSA) is 47.1 Å². The number of hydrogen-bond donors (Lipinski definition) is 0. The number of carbonyl (C=O) groups excluding carboxylic acids is 2. The van der Waals surface area contributed by atoms with Crippen molar-refractivity contribution in [1.82, 2.24) is 19.6 Å². The van der Waals surface area contributed by atoms with E-state index in [-0.39, 0.29) is 47.3 Å². The van der Waals surface area contributed by atoms with Crippen molar-refractivity contribution in [1.29, 1.82) is 0 Å². The number of urea groups is 2. The summed E-state index contributed by atoms with van der Waals surface area (Å²) in [6.07, 6.45) is 4.04. The zero-order chi connectivity index (χ0) is 27.0. The first kappa shape index (κ1) is 32.5. The second-order valence-electron chi connectivity index (χ2n) is 12.8. The highest BCUT2D eigenvalue weighted by molar-refractivity contribution is 5.76. The third-order valence-corrected chi connectivity index (χ3v) is 6.26. The molecule has 0 rings (SSSR count). The fraction of sp³-hybridized carbons (Fsp3) is 0.929. The Balaban J connectivity index is 5.02. The molecule has 0 aliphatic heterocycles. The van der Waals surface area contributed by atoms with Gasteiger partial charge in [-0.1, -0.05) is 12.8 Å². The van der Waals surface area contributed by atoms with Gasteiger partial charge in [-0.15, -0.1) is 0 Å². The molecule has 0 aromatic heterocycles. The zero-order valence-corrected chi connectivity index (χ0v) is 25.2. The molecule has 0 heterocycles. The van der Waals surface area contributed by atoms with Crippen molar-refractivity contribution >= 4 is 12.1 Å². The summed E-state index contributed by atoms with van der Waals surface area (Å²) in [6.45, 7) is 30.9. The predicted octanol–water partition coefficient (Wildman–Crippen LogP) is 7.23. The summed E-state index contributed by atoms with van der Waals surface area (Å²) >= 11 is 0. The molecule has 6 heteroatoms. The number of hydrogen-bond acceptors (Lipinski definition) is 2. The summed E-state index contributed by atoms with van der Waals surface area (Å²) in [5, 5.41) is 0. The van der Waals surface area contributed by atoms with Crippen LogP contribution in [0.1, 0.15) is 123 Å². The Morgan fingerprint density at radius 1 is 0.500 bits per heavy atom. The monoisotopic (exact) mass is 482 g/mol. The van der Waals surface area contributed by atoms with Gasteiger partial charge in [-0.3, -0.25) is 0 Å². The maximum atomic E-state index is 13.3. The first-order valence-electron chi connectivity index (χ1n) is 13.5. The lowest BCUT2D eigenvalue weighted by Gasteiger charge is -2.42.